The van der Waals surface area contributed by atoms with Crippen LogP contribution < -0.4 is 15.4 Å². The number of rotatable bonds is 7. The molecular weight excluding hydrogens is 376 g/mol. The Morgan fingerprint density at radius 2 is 1.61 bits per heavy atom. The van der Waals surface area contributed by atoms with Crippen LogP contribution in [0.15, 0.2) is 48.5 Å². The zero-order chi connectivity index (χ0) is 19.9. The maximum Gasteiger partial charge on any atom is 0.286 e. The third-order valence-electron chi connectivity index (χ3n) is 3.98. The molecule has 0 unspecified atom stereocenters. The first-order valence-corrected chi connectivity index (χ1v) is 9.49. The molecule has 0 bridgehead atoms. The van der Waals surface area contributed by atoms with Crippen LogP contribution in [0.25, 0.3) is 0 Å². The second-order valence-corrected chi connectivity index (χ2v) is 7.06. The van der Waals surface area contributed by atoms with E-state index in [1.54, 1.807) is 31.4 Å². The van der Waals surface area contributed by atoms with Crippen molar-refractivity contribution in [3.05, 3.63) is 69.7 Å². The number of hydrogen-bond acceptors (Lipinski definition) is 6. The lowest BCUT2D eigenvalue weighted by molar-refractivity contribution is 0.0951. The highest BCUT2D eigenvalue weighted by atomic mass is 32.1. The maximum atomic E-state index is 12.3. The van der Waals surface area contributed by atoms with E-state index < -0.39 is 5.91 Å². The molecule has 0 saturated carbocycles. The first-order valence-electron chi connectivity index (χ1n) is 8.68. The van der Waals surface area contributed by atoms with Crippen LogP contribution in [0.2, 0.25) is 0 Å². The molecule has 144 valence electrons. The summed E-state index contributed by atoms with van der Waals surface area (Å²) in [5, 5.41) is 13.4. The molecule has 3 rings (SSSR count). The highest BCUT2D eigenvalue weighted by Gasteiger charge is 2.17. The van der Waals surface area contributed by atoms with Gasteiger partial charge < -0.3 is 15.4 Å². The average Bonchev–Trinajstić information content (AvgIpc) is 3.20. The molecule has 0 saturated heterocycles. The minimum atomic E-state index is -0.415. The molecule has 1 heterocycles. The Balaban J connectivity index is 1.52. The van der Waals surface area contributed by atoms with Gasteiger partial charge in [-0.25, -0.2) is 0 Å². The quantitative estimate of drug-likeness (QED) is 0.640. The number of aryl methyl sites for hydroxylation is 1. The molecule has 7 nitrogen and oxygen atoms in total. The minimum absolute atomic E-state index is 0.125. The van der Waals surface area contributed by atoms with E-state index in [9.17, 15) is 9.59 Å². The van der Waals surface area contributed by atoms with Crippen LogP contribution in [0, 0.1) is 6.92 Å². The van der Waals surface area contributed by atoms with Gasteiger partial charge in [0.25, 0.3) is 11.8 Å². The maximum absolute atomic E-state index is 12.3. The smallest absolute Gasteiger partial charge is 0.286 e. The van der Waals surface area contributed by atoms with Crippen molar-refractivity contribution in [1.82, 2.24) is 15.5 Å². The van der Waals surface area contributed by atoms with E-state index in [0.717, 1.165) is 23.3 Å². The molecular formula is C20H20N4O3S. The van der Waals surface area contributed by atoms with E-state index in [-0.39, 0.29) is 15.9 Å². The molecule has 0 radical (unpaired) electrons. The monoisotopic (exact) mass is 396 g/mol. The van der Waals surface area contributed by atoms with E-state index in [0.29, 0.717) is 18.0 Å². The summed E-state index contributed by atoms with van der Waals surface area (Å²) in [5.74, 6) is -0.0620. The van der Waals surface area contributed by atoms with Crippen molar-refractivity contribution in [1.29, 1.82) is 0 Å². The summed E-state index contributed by atoms with van der Waals surface area (Å²) in [6, 6.07) is 15.1. The van der Waals surface area contributed by atoms with Crippen molar-refractivity contribution >= 4 is 28.8 Å². The Hall–Kier alpha value is -3.26. The molecule has 2 amide bonds. The lowest BCUT2D eigenvalue weighted by Crippen LogP contribution is -2.25. The third kappa shape index (κ3) is 5.14. The molecule has 2 aromatic carbocycles. The van der Waals surface area contributed by atoms with Gasteiger partial charge in [-0.05, 0) is 43.2 Å². The van der Waals surface area contributed by atoms with E-state index >= 15 is 0 Å². The number of carbonyl (C=O) groups excluding carboxylic acids is 2. The fraction of sp³-hybridized carbons (Fsp3) is 0.200. The van der Waals surface area contributed by atoms with Crippen LogP contribution in [0.4, 0.5) is 5.69 Å². The number of carbonyl (C=O) groups is 2. The molecule has 0 aliphatic rings. The van der Waals surface area contributed by atoms with Gasteiger partial charge in [-0.3, -0.25) is 9.59 Å². The van der Waals surface area contributed by atoms with Crippen molar-refractivity contribution in [2.45, 2.75) is 13.3 Å². The molecule has 0 fully saturated rings. The lowest BCUT2D eigenvalue weighted by Gasteiger charge is -2.04. The molecule has 1 aromatic heterocycles. The summed E-state index contributed by atoms with van der Waals surface area (Å²) in [5.41, 5.74) is 2.94. The number of hydrogen-bond donors (Lipinski definition) is 2. The summed E-state index contributed by atoms with van der Waals surface area (Å²) in [7, 11) is 1.57. The fourth-order valence-corrected chi connectivity index (χ4v) is 3.07. The van der Waals surface area contributed by atoms with Gasteiger partial charge in [-0.15, -0.1) is 10.2 Å². The Morgan fingerprint density at radius 3 is 2.25 bits per heavy atom. The Bertz CT molecular complexity index is 952. The number of amides is 2. The van der Waals surface area contributed by atoms with Crippen molar-refractivity contribution in [3.8, 4) is 5.75 Å². The van der Waals surface area contributed by atoms with Crippen LogP contribution in [0.3, 0.4) is 0 Å². The van der Waals surface area contributed by atoms with Crippen molar-refractivity contribution in [2.24, 2.45) is 0 Å². The lowest BCUT2D eigenvalue weighted by atomic mass is 10.1. The number of nitrogens with one attached hydrogen (secondary N) is 2. The van der Waals surface area contributed by atoms with Gasteiger partial charge in [0.15, 0.2) is 0 Å². The number of nitrogens with zero attached hydrogens (tertiary/aromatic N) is 2. The standard InChI is InChI=1S/C20H20N4O3S/c1-13-3-5-14(6-4-13)11-12-21-17(25)19-23-24-20(28-19)18(26)22-15-7-9-16(27-2)10-8-15/h3-10H,11-12H2,1-2H3,(H,21,25)(H,22,26). The Kier molecular flexibility index (Phi) is 6.33. The van der Waals surface area contributed by atoms with Gasteiger partial charge in [-0.2, -0.15) is 0 Å². The highest BCUT2D eigenvalue weighted by Crippen LogP contribution is 2.17. The second kappa shape index (κ2) is 9.09. The fourth-order valence-electron chi connectivity index (χ4n) is 2.42. The number of methoxy groups -OCH3 is 1. The summed E-state index contributed by atoms with van der Waals surface area (Å²) in [6.45, 7) is 2.51. The first kappa shape index (κ1) is 19.5. The van der Waals surface area contributed by atoms with E-state index in [1.807, 2.05) is 31.2 Å². The van der Waals surface area contributed by atoms with Crippen LogP contribution in [-0.4, -0.2) is 35.7 Å². The van der Waals surface area contributed by atoms with Gasteiger partial charge >= 0.3 is 0 Å². The predicted molar refractivity (Wildman–Crippen MR) is 108 cm³/mol. The molecule has 0 atom stereocenters. The third-order valence-corrected chi connectivity index (χ3v) is 4.90. The molecule has 28 heavy (non-hydrogen) atoms. The molecule has 0 aliphatic heterocycles. The molecule has 0 aliphatic carbocycles. The topological polar surface area (TPSA) is 93.2 Å². The van der Waals surface area contributed by atoms with Crippen LogP contribution in [0.5, 0.6) is 5.75 Å². The van der Waals surface area contributed by atoms with E-state index in [1.165, 1.54) is 5.56 Å². The van der Waals surface area contributed by atoms with Crippen molar-refractivity contribution in [3.63, 3.8) is 0 Å². The van der Waals surface area contributed by atoms with Crippen molar-refractivity contribution < 1.29 is 14.3 Å². The Morgan fingerprint density at radius 1 is 0.964 bits per heavy atom. The number of ether oxygens (including phenoxy) is 1. The average molecular weight is 396 g/mol. The van der Waals surface area contributed by atoms with Gasteiger partial charge in [-0.1, -0.05) is 41.2 Å². The van der Waals surface area contributed by atoms with E-state index in [4.69, 9.17) is 4.74 Å². The molecule has 3 aromatic rings. The van der Waals surface area contributed by atoms with Gasteiger partial charge in [0.05, 0.1) is 7.11 Å². The number of anilines is 1. The summed E-state index contributed by atoms with van der Waals surface area (Å²) in [6.07, 6.45) is 0.718. The molecule has 8 heteroatoms. The van der Waals surface area contributed by atoms with Gasteiger partial charge in [0, 0.05) is 12.2 Å². The first-order chi connectivity index (χ1) is 13.5. The van der Waals surface area contributed by atoms with Gasteiger partial charge in [0.1, 0.15) is 5.75 Å². The number of benzene rings is 2. The second-order valence-electron chi connectivity index (χ2n) is 6.09. The zero-order valence-corrected chi connectivity index (χ0v) is 16.4. The summed E-state index contributed by atoms with van der Waals surface area (Å²) in [4.78, 5) is 24.5. The zero-order valence-electron chi connectivity index (χ0n) is 15.6. The minimum Gasteiger partial charge on any atom is -0.497 e. The molecule has 2 N–H and O–H groups in total. The molecule has 0 spiro atoms. The van der Waals surface area contributed by atoms with Crippen LogP contribution in [0.1, 0.15) is 30.7 Å². The summed E-state index contributed by atoms with van der Waals surface area (Å²) < 4.78 is 5.08. The van der Waals surface area contributed by atoms with Crippen molar-refractivity contribution in [2.75, 3.05) is 19.0 Å². The number of aromatic nitrogens is 2. The largest absolute Gasteiger partial charge is 0.497 e. The SMILES string of the molecule is COc1ccc(NC(=O)c2nnc(C(=O)NCCc3ccc(C)cc3)s2)cc1. The normalized spacial score (nSPS) is 10.4. The highest BCUT2D eigenvalue weighted by molar-refractivity contribution is 7.15. The van der Waals surface area contributed by atoms with Gasteiger partial charge in [0.2, 0.25) is 10.0 Å². The van der Waals surface area contributed by atoms with Crippen LogP contribution in [-0.2, 0) is 6.42 Å². The predicted octanol–water partition coefficient (Wildman–Crippen LogP) is 3.08. The Labute approximate surface area is 166 Å². The van der Waals surface area contributed by atoms with Crippen LogP contribution >= 0.6 is 11.3 Å². The van der Waals surface area contributed by atoms with E-state index in [2.05, 4.69) is 20.8 Å². The summed E-state index contributed by atoms with van der Waals surface area (Å²) >= 11 is 0.953.